The monoisotopic (exact) mass is 598 g/mol. The second-order valence-electron chi connectivity index (χ2n) is 7.47. The van der Waals surface area contributed by atoms with Gasteiger partial charge in [0.1, 0.15) is 6.54 Å². The van der Waals surface area contributed by atoms with Gasteiger partial charge < -0.3 is 5.11 Å². The van der Waals surface area contributed by atoms with Crippen LogP contribution in [0.3, 0.4) is 0 Å². The van der Waals surface area contributed by atoms with Crippen LogP contribution in [0.2, 0.25) is 0 Å². The first kappa shape index (κ1) is 32.2. The number of alkyl halides is 17. The van der Waals surface area contributed by atoms with E-state index in [1.165, 1.54) is 0 Å². The van der Waals surface area contributed by atoms with Gasteiger partial charge in [-0.15, -0.1) is 0 Å². The fourth-order valence-electron chi connectivity index (χ4n) is 2.81. The van der Waals surface area contributed by atoms with Gasteiger partial charge in [0.2, 0.25) is 0 Å². The average Bonchev–Trinajstić information content (AvgIpc) is 3.29. The summed E-state index contributed by atoms with van der Waals surface area (Å²) in [6.45, 7) is -2.98. The second kappa shape index (κ2) is 7.85. The minimum atomic E-state index is -8.93. The van der Waals surface area contributed by atoms with Crippen LogP contribution >= 0.6 is 0 Å². The van der Waals surface area contributed by atoms with Crippen LogP contribution in [0.4, 0.5) is 74.6 Å². The Morgan fingerprint density at radius 1 is 0.694 bits per heavy atom. The molecule has 0 saturated carbocycles. The summed E-state index contributed by atoms with van der Waals surface area (Å²) >= 11 is 0. The average molecular weight is 598 g/mol. The van der Waals surface area contributed by atoms with Crippen molar-refractivity contribution in [3.63, 3.8) is 0 Å². The van der Waals surface area contributed by atoms with Gasteiger partial charge in [-0.3, -0.25) is 0 Å². The van der Waals surface area contributed by atoms with Crippen LogP contribution < -0.4 is 0 Å². The fourth-order valence-corrected chi connectivity index (χ4v) is 4.88. The molecule has 0 aromatic carbocycles. The van der Waals surface area contributed by atoms with Gasteiger partial charge >= 0.3 is 63.0 Å². The lowest BCUT2D eigenvalue weighted by molar-refractivity contribution is -0.672. The van der Waals surface area contributed by atoms with Crippen molar-refractivity contribution >= 4 is 16.0 Å². The molecule has 0 spiro atoms. The molecule has 1 rings (SSSR count). The molecule has 1 aliphatic heterocycles. The highest BCUT2D eigenvalue weighted by molar-refractivity contribution is 7.87. The minimum Gasteiger partial charge on any atom is -0.477 e. The highest BCUT2D eigenvalue weighted by Crippen LogP contribution is 2.65. The number of hydrogen-bond donors (Lipinski definition) is 1. The van der Waals surface area contributed by atoms with Gasteiger partial charge in [0.15, 0.2) is 12.6 Å². The Kier molecular flexibility index (Phi) is 7.03. The number of hydrogen-bond acceptors (Lipinski definition) is 3. The van der Waals surface area contributed by atoms with E-state index >= 15 is 0 Å². The molecule has 1 fully saturated rings. The maximum atomic E-state index is 14.2. The maximum absolute atomic E-state index is 14.2. The van der Waals surface area contributed by atoms with Gasteiger partial charge in [-0.2, -0.15) is 86.9 Å². The first-order valence-electron chi connectivity index (χ1n) is 8.34. The number of halogens is 17. The molecule has 0 aromatic rings. The summed E-state index contributed by atoms with van der Waals surface area (Å²) in [5.74, 6) is -54.5. The van der Waals surface area contributed by atoms with E-state index in [1.807, 2.05) is 0 Å². The number of rotatable bonds is 10. The molecule has 36 heavy (non-hydrogen) atoms. The first-order valence-corrected chi connectivity index (χ1v) is 9.78. The predicted molar refractivity (Wildman–Crippen MR) is 76.7 cm³/mol. The second-order valence-corrected chi connectivity index (χ2v) is 9.66. The molecule has 23 heteroatoms. The van der Waals surface area contributed by atoms with E-state index in [9.17, 15) is 87.8 Å². The lowest BCUT2D eigenvalue weighted by Crippen LogP contribution is -2.75. The molecule has 0 radical (unpaired) electrons. The normalized spacial score (nSPS) is 23.6. The van der Waals surface area contributed by atoms with Gasteiger partial charge in [0.05, 0.1) is 0 Å². The Bertz CT molecular complexity index is 1000. The van der Waals surface area contributed by atoms with Crippen molar-refractivity contribution < 1.29 is 96.8 Å². The summed E-state index contributed by atoms with van der Waals surface area (Å²) in [7, 11) is -7.51. The van der Waals surface area contributed by atoms with E-state index in [-0.39, 0.29) is 0 Å². The number of aliphatic carboxylic acids is 1. The summed E-state index contributed by atoms with van der Waals surface area (Å²) in [5, 5.41) is 0.823. The Balaban J connectivity index is 3.79. The molecule has 0 amide bonds. The van der Waals surface area contributed by atoms with E-state index in [1.54, 1.807) is 0 Å². The van der Waals surface area contributed by atoms with Crippen molar-refractivity contribution in [3.8, 4) is 0 Å². The van der Waals surface area contributed by atoms with Crippen LogP contribution in [0.25, 0.3) is 0 Å². The Labute approximate surface area is 187 Å². The Morgan fingerprint density at radius 3 is 1.22 bits per heavy atom. The Morgan fingerprint density at radius 2 is 0.972 bits per heavy atom. The molecule has 0 aliphatic carbocycles. The number of sulfonamides is 1. The third-order valence-electron chi connectivity index (χ3n) is 5.14. The van der Waals surface area contributed by atoms with Crippen LogP contribution in [-0.4, -0.2) is 89.5 Å². The van der Waals surface area contributed by atoms with Crippen molar-refractivity contribution in [1.82, 2.24) is 0 Å². The molecule has 1 heterocycles. The summed E-state index contributed by atoms with van der Waals surface area (Å²) in [6, 6.07) is -1.95. The SMILES string of the molecule is CC1C[N+]1(CC(=O)O)S(=O)(=O)C(F)(F)C(F)(F)C(F)(F)C(F)(F)C(F)(F)C(F)(F)C(F)(F)C(F)(F)F. The minimum absolute atomic E-state index is 0.523. The predicted octanol–water partition coefficient (Wildman–Crippen LogP) is 4.59. The maximum Gasteiger partial charge on any atom is 0.463 e. The highest BCUT2D eigenvalue weighted by atomic mass is 32.2. The highest BCUT2D eigenvalue weighted by Gasteiger charge is 2.97. The third kappa shape index (κ3) is 3.61. The van der Waals surface area contributed by atoms with Gasteiger partial charge in [0, 0.05) is 0 Å². The number of carbonyl (C=O) groups is 1. The van der Waals surface area contributed by atoms with Crippen molar-refractivity contribution in [3.05, 3.63) is 0 Å². The van der Waals surface area contributed by atoms with Crippen molar-refractivity contribution in [2.24, 2.45) is 0 Å². The smallest absolute Gasteiger partial charge is 0.463 e. The van der Waals surface area contributed by atoms with Gasteiger partial charge in [-0.05, 0) is 6.92 Å². The zero-order chi connectivity index (χ0) is 29.6. The number of carboxylic acids is 1. The summed E-state index contributed by atoms with van der Waals surface area (Å²) in [6.07, 6.45) is -7.91. The van der Waals surface area contributed by atoms with E-state index in [0.717, 1.165) is 0 Å². The van der Waals surface area contributed by atoms with Crippen LogP contribution in [0.5, 0.6) is 0 Å². The number of nitrogens with zero attached hydrogens (tertiary/aromatic N) is 1. The number of quaternary nitrogens is 1. The molecule has 1 N–H and O–H groups in total. The van der Waals surface area contributed by atoms with E-state index in [4.69, 9.17) is 5.11 Å². The van der Waals surface area contributed by atoms with Crippen molar-refractivity contribution in [2.45, 2.75) is 59.9 Å². The lowest BCUT2D eigenvalue weighted by atomic mass is 9.91. The van der Waals surface area contributed by atoms with E-state index in [0.29, 0.717) is 6.92 Å². The van der Waals surface area contributed by atoms with Crippen LogP contribution in [0, 0.1) is 0 Å². The fraction of sp³-hybridized carbons (Fsp3) is 0.923. The zero-order valence-corrected chi connectivity index (χ0v) is 17.3. The lowest BCUT2D eigenvalue weighted by Gasteiger charge is -2.42. The van der Waals surface area contributed by atoms with Crippen molar-refractivity contribution in [2.75, 3.05) is 13.1 Å². The van der Waals surface area contributed by atoms with Crippen LogP contribution in [0.15, 0.2) is 0 Å². The molecule has 1 aliphatic rings. The topological polar surface area (TPSA) is 71.4 Å². The molecule has 0 bridgehead atoms. The molecule has 214 valence electrons. The first-order chi connectivity index (χ1) is 15.3. The molecular weight excluding hydrogens is 589 g/mol. The molecule has 2 atom stereocenters. The van der Waals surface area contributed by atoms with Crippen LogP contribution in [-0.2, 0) is 14.8 Å². The van der Waals surface area contributed by atoms with Gasteiger partial charge in [-0.1, -0.05) is 0 Å². The summed E-state index contributed by atoms with van der Waals surface area (Å²) < 4.78 is 247. The Hall–Kier alpha value is -1.81. The summed E-state index contributed by atoms with van der Waals surface area (Å²) in [5.41, 5.74) is 0. The quantitative estimate of drug-likeness (QED) is 0.227. The molecule has 2 unspecified atom stereocenters. The van der Waals surface area contributed by atoms with E-state index < -0.39 is 86.0 Å². The van der Waals surface area contributed by atoms with Crippen molar-refractivity contribution in [1.29, 1.82) is 0 Å². The van der Waals surface area contributed by atoms with Gasteiger partial charge in [0.25, 0.3) is 0 Å². The standard InChI is InChI=1S/C13H8F17NO4S/c1-4-2-31(4,3-5(32)33)36(34,35)13(29,30)11(24,25)9(20,21)7(16,17)6(14,15)8(18,19)10(22,23)12(26,27)28/h4H,2-3H2,1H3/p+1. The van der Waals surface area contributed by atoms with E-state index in [2.05, 4.69) is 0 Å². The molecule has 1 saturated heterocycles. The third-order valence-corrected chi connectivity index (χ3v) is 7.64. The molecule has 0 aromatic heterocycles. The van der Waals surface area contributed by atoms with Crippen LogP contribution in [0.1, 0.15) is 6.92 Å². The largest absolute Gasteiger partial charge is 0.477 e. The van der Waals surface area contributed by atoms with Gasteiger partial charge in [-0.25, -0.2) is 4.79 Å². The number of carboxylic acid groups (broad SMARTS) is 1. The zero-order valence-electron chi connectivity index (χ0n) is 16.4. The molecule has 5 nitrogen and oxygen atoms in total. The summed E-state index contributed by atoms with van der Waals surface area (Å²) in [4.78, 5) is 10.7. The molecular formula is C13H9F17NO4S+.